The van der Waals surface area contributed by atoms with Gasteiger partial charge in [-0.3, -0.25) is 15.5 Å². The van der Waals surface area contributed by atoms with Gasteiger partial charge in [-0.1, -0.05) is 13.3 Å². The van der Waals surface area contributed by atoms with Gasteiger partial charge in [0.15, 0.2) is 0 Å². The van der Waals surface area contributed by atoms with Crippen LogP contribution in [0.5, 0.6) is 5.88 Å². The Balaban J connectivity index is 2.67. The normalized spacial score (nSPS) is 10.3. The molecule has 0 saturated carbocycles. The van der Waals surface area contributed by atoms with Crippen molar-refractivity contribution in [3.8, 4) is 5.88 Å². The third kappa shape index (κ3) is 4.59. The highest BCUT2D eigenvalue weighted by Gasteiger charge is 2.23. The number of aromatic nitrogens is 2. The molecule has 0 aliphatic heterocycles. The Kier molecular flexibility index (Phi) is 6.60. The highest BCUT2D eigenvalue weighted by atomic mass is 16.6. The second kappa shape index (κ2) is 8.23. The van der Waals surface area contributed by atoms with Gasteiger partial charge in [-0.05, 0) is 13.3 Å². The van der Waals surface area contributed by atoms with Crippen LogP contribution in [0.4, 0.5) is 11.6 Å². The Bertz CT molecular complexity index is 455. The van der Waals surface area contributed by atoms with Crippen molar-refractivity contribution in [3.63, 3.8) is 0 Å². The van der Waals surface area contributed by atoms with Crippen molar-refractivity contribution in [2.45, 2.75) is 26.7 Å². The summed E-state index contributed by atoms with van der Waals surface area (Å²) >= 11 is 0. The summed E-state index contributed by atoms with van der Waals surface area (Å²) < 4.78 is 10.6. The number of aryl methyl sites for hydroxylation is 1. The minimum absolute atomic E-state index is 0.0648. The fourth-order valence-corrected chi connectivity index (χ4v) is 1.46. The van der Waals surface area contributed by atoms with E-state index in [-0.39, 0.29) is 29.8 Å². The van der Waals surface area contributed by atoms with Crippen LogP contribution in [-0.4, -0.2) is 34.7 Å². The molecule has 9 heteroatoms. The molecule has 0 bridgehead atoms. The van der Waals surface area contributed by atoms with E-state index in [0.29, 0.717) is 13.2 Å². The zero-order valence-corrected chi connectivity index (χ0v) is 11.6. The Morgan fingerprint density at radius 1 is 1.35 bits per heavy atom. The molecular formula is C11H19N5O4. The van der Waals surface area contributed by atoms with Crippen LogP contribution in [0.3, 0.4) is 0 Å². The first-order valence-corrected chi connectivity index (χ1v) is 6.30. The lowest BCUT2D eigenvalue weighted by Crippen LogP contribution is -2.15. The van der Waals surface area contributed by atoms with E-state index in [4.69, 9.17) is 15.3 Å². The Morgan fingerprint density at radius 2 is 2.10 bits per heavy atom. The maximum atomic E-state index is 11.0. The zero-order valence-electron chi connectivity index (χ0n) is 11.6. The molecule has 0 fully saturated rings. The third-order valence-corrected chi connectivity index (χ3v) is 2.45. The number of rotatable bonds is 9. The van der Waals surface area contributed by atoms with E-state index in [0.717, 1.165) is 12.8 Å². The van der Waals surface area contributed by atoms with Crippen LogP contribution in [0.1, 0.15) is 25.5 Å². The summed E-state index contributed by atoms with van der Waals surface area (Å²) in [5, 5.41) is 11.0. The van der Waals surface area contributed by atoms with Gasteiger partial charge >= 0.3 is 5.69 Å². The van der Waals surface area contributed by atoms with E-state index in [1.165, 1.54) is 6.92 Å². The van der Waals surface area contributed by atoms with E-state index in [1.807, 2.05) is 0 Å². The van der Waals surface area contributed by atoms with Gasteiger partial charge in [0.2, 0.25) is 5.95 Å². The molecule has 0 radical (unpaired) electrons. The number of hydrogen-bond donors (Lipinski definition) is 2. The number of hydrogen-bond acceptors (Lipinski definition) is 8. The number of nitrogens with two attached hydrogens (primary N) is 1. The van der Waals surface area contributed by atoms with E-state index in [1.54, 1.807) is 0 Å². The molecule has 1 rings (SSSR count). The van der Waals surface area contributed by atoms with Gasteiger partial charge < -0.3 is 9.47 Å². The lowest BCUT2D eigenvalue weighted by Gasteiger charge is -2.09. The van der Waals surface area contributed by atoms with Crippen LogP contribution in [0.15, 0.2) is 0 Å². The van der Waals surface area contributed by atoms with E-state index < -0.39 is 4.92 Å². The third-order valence-electron chi connectivity index (χ3n) is 2.45. The number of nitrogens with one attached hydrogen (secondary N) is 1. The maximum absolute atomic E-state index is 11.0. The van der Waals surface area contributed by atoms with Crippen LogP contribution < -0.4 is 16.0 Å². The Hall–Kier alpha value is -2.00. The van der Waals surface area contributed by atoms with Gasteiger partial charge in [0.1, 0.15) is 12.3 Å². The predicted molar refractivity (Wildman–Crippen MR) is 72.5 cm³/mol. The molecule has 0 saturated heterocycles. The van der Waals surface area contributed by atoms with Crippen molar-refractivity contribution >= 4 is 11.6 Å². The summed E-state index contributed by atoms with van der Waals surface area (Å²) in [6.07, 6.45) is 2.01. The maximum Gasteiger partial charge on any atom is 0.352 e. The molecule has 112 valence electrons. The fraction of sp³-hybridized carbons (Fsp3) is 0.636. The predicted octanol–water partition coefficient (Wildman–Crippen LogP) is 1.17. The van der Waals surface area contributed by atoms with Gasteiger partial charge in [-0.15, -0.1) is 0 Å². The molecule has 0 amide bonds. The molecule has 9 nitrogen and oxygen atoms in total. The topological polar surface area (TPSA) is 125 Å². The first-order valence-electron chi connectivity index (χ1n) is 6.30. The van der Waals surface area contributed by atoms with Crippen LogP contribution in [0, 0.1) is 17.0 Å². The van der Waals surface area contributed by atoms with Crippen molar-refractivity contribution < 1.29 is 14.4 Å². The van der Waals surface area contributed by atoms with Crippen molar-refractivity contribution in [1.82, 2.24) is 9.97 Å². The molecule has 0 atom stereocenters. The molecule has 0 aromatic carbocycles. The zero-order chi connectivity index (χ0) is 15.0. The summed E-state index contributed by atoms with van der Waals surface area (Å²) in [6.45, 7) is 4.70. The largest absolute Gasteiger partial charge is 0.470 e. The molecule has 1 heterocycles. The van der Waals surface area contributed by atoms with Crippen molar-refractivity contribution in [1.29, 1.82) is 0 Å². The van der Waals surface area contributed by atoms with Crippen molar-refractivity contribution in [2.24, 2.45) is 5.84 Å². The van der Waals surface area contributed by atoms with Crippen LogP contribution in [-0.2, 0) is 4.74 Å². The Labute approximate surface area is 116 Å². The second-order valence-electron chi connectivity index (χ2n) is 4.00. The minimum atomic E-state index is -0.580. The molecule has 20 heavy (non-hydrogen) atoms. The monoisotopic (exact) mass is 285 g/mol. The number of hydrazine groups is 1. The number of anilines is 1. The van der Waals surface area contributed by atoms with Crippen molar-refractivity contribution in [3.05, 3.63) is 15.8 Å². The van der Waals surface area contributed by atoms with Crippen molar-refractivity contribution in [2.75, 3.05) is 25.2 Å². The number of nitrogen functional groups attached to an aromatic ring is 1. The summed E-state index contributed by atoms with van der Waals surface area (Å²) in [5.74, 6) is 5.15. The van der Waals surface area contributed by atoms with Crippen LogP contribution in [0.2, 0.25) is 0 Å². The van der Waals surface area contributed by atoms with Gasteiger partial charge in [-0.25, -0.2) is 10.8 Å². The Morgan fingerprint density at radius 3 is 2.70 bits per heavy atom. The van der Waals surface area contributed by atoms with Gasteiger partial charge in [0.25, 0.3) is 5.88 Å². The molecule has 0 aliphatic rings. The average molecular weight is 285 g/mol. The van der Waals surface area contributed by atoms with E-state index >= 15 is 0 Å². The lowest BCUT2D eigenvalue weighted by atomic mass is 10.3. The first-order chi connectivity index (χ1) is 9.60. The lowest BCUT2D eigenvalue weighted by molar-refractivity contribution is -0.387. The number of nitrogens with zero attached hydrogens (tertiary/aromatic N) is 3. The molecule has 0 spiro atoms. The van der Waals surface area contributed by atoms with Gasteiger partial charge in [0.05, 0.1) is 11.5 Å². The molecule has 0 unspecified atom stereocenters. The SMILES string of the molecule is CCCCOCCOc1nc(NN)nc(C)c1[N+](=O)[O-]. The van der Waals surface area contributed by atoms with Gasteiger partial charge in [-0.2, -0.15) is 4.98 Å². The molecule has 0 aliphatic carbocycles. The van der Waals surface area contributed by atoms with Crippen LogP contribution >= 0.6 is 0 Å². The molecule has 1 aromatic rings. The van der Waals surface area contributed by atoms with E-state index in [2.05, 4.69) is 22.3 Å². The smallest absolute Gasteiger partial charge is 0.352 e. The molecule has 1 aromatic heterocycles. The highest BCUT2D eigenvalue weighted by molar-refractivity contribution is 5.48. The number of unbranched alkanes of at least 4 members (excludes halogenated alkanes) is 1. The summed E-state index contributed by atoms with van der Waals surface area (Å²) in [4.78, 5) is 18.1. The number of ether oxygens (including phenoxy) is 2. The molecular weight excluding hydrogens is 266 g/mol. The fourth-order valence-electron chi connectivity index (χ4n) is 1.46. The summed E-state index contributed by atoms with van der Waals surface area (Å²) in [7, 11) is 0. The van der Waals surface area contributed by atoms with E-state index in [9.17, 15) is 10.1 Å². The standard InChI is InChI=1S/C11H19N5O4/c1-3-4-5-19-6-7-20-10-9(16(17)18)8(2)13-11(14-10)15-12/h3-7,12H2,1-2H3,(H,13,14,15). The van der Waals surface area contributed by atoms with Gasteiger partial charge in [0, 0.05) is 6.61 Å². The minimum Gasteiger partial charge on any atom is -0.470 e. The first kappa shape index (κ1) is 16.1. The highest BCUT2D eigenvalue weighted by Crippen LogP contribution is 2.28. The second-order valence-corrected chi connectivity index (χ2v) is 4.00. The van der Waals surface area contributed by atoms with Crippen LogP contribution in [0.25, 0.3) is 0 Å². The number of nitro groups is 1. The quantitative estimate of drug-likeness (QED) is 0.300. The summed E-state index contributed by atoms with van der Waals surface area (Å²) in [5.41, 5.74) is 2.15. The summed E-state index contributed by atoms with van der Waals surface area (Å²) in [6, 6.07) is 0. The average Bonchev–Trinajstić information content (AvgIpc) is 2.41. The molecule has 3 N–H and O–H groups in total.